The second-order valence-electron chi connectivity index (χ2n) is 4.45. The van der Waals surface area contributed by atoms with Crippen LogP contribution in [0.2, 0.25) is 0 Å². The molecular formula is C13H16N2O2S2. The number of sulfonamides is 1. The third-order valence-corrected chi connectivity index (χ3v) is 4.85. The van der Waals surface area contributed by atoms with Gasteiger partial charge >= 0.3 is 0 Å². The van der Waals surface area contributed by atoms with Gasteiger partial charge in [0.15, 0.2) is 0 Å². The van der Waals surface area contributed by atoms with E-state index in [0.29, 0.717) is 0 Å². The Hall–Kier alpha value is -1.24. The predicted molar refractivity (Wildman–Crippen MR) is 77.5 cm³/mol. The minimum atomic E-state index is -3.32. The first kappa shape index (κ1) is 14.2. The summed E-state index contributed by atoms with van der Waals surface area (Å²) in [4.78, 5) is 4.22. The van der Waals surface area contributed by atoms with E-state index in [1.807, 2.05) is 43.5 Å². The van der Waals surface area contributed by atoms with E-state index >= 15 is 0 Å². The van der Waals surface area contributed by atoms with Gasteiger partial charge in [-0.25, -0.2) is 18.1 Å². The van der Waals surface area contributed by atoms with Crippen molar-refractivity contribution in [3.63, 3.8) is 0 Å². The number of hydrogen-bond acceptors (Lipinski definition) is 4. The molecule has 1 aromatic heterocycles. The number of thiazole rings is 1. The van der Waals surface area contributed by atoms with Gasteiger partial charge in [-0.3, -0.25) is 0 Å². The molecule has 0 aliphatic carbocycles. The van der Waals surface area contributed by atoms with E-state index in [4.69, 9.17) is 0 Å². The van der Waals surface area contributed by atoms with Crippen LogP contribution < -0.4 is 4.72 Å². The van der Waals surface area contributed by atoms with Crippen molar-refractivity contribution in [2.24, 2.45) is 0 Å². The zero-order valence-corrected chi connectivity index (χ0v) is 12.5. The van der Waals surface area contributed by atoms with E-state index in [1.165, 1.54) is 11.3 Å². The summed E-state index contributed by atoms with van der Waals surface area (Å²) in [7, 11) is -3.32. The van der Waals surface area contributed by atoms with Crippen LogP contribution in [-0.2, 0) is 22.3 Å². The topological polar surface area (TPSA) is 59.1 Å². The number of nitrogens with one attached hydrogen (secondary N) is 1. The van der Waals surface area contributed by atoms with E-state index in [-0.39, 0.29) is 12.3 Å². The van der Waals surface area contributed by atoms with Crippen LogP contribution in [0.4, 0.5) is 0 Å². The third-order valence-electron chi connectivity index (χ3n) is 2.59. The third kappa shape index (κ3) is 4.41. The Labute approximate surface area is 117 Å². The Morgan fingerprint density at radius 3 is 2.47 bits per heavy atom. The molecule has 2 rings (SSSR count). The van der Waals surface area contributed by atoms with Crippen LogP contribution in [0.5, 0.6) is 0 Å². The Kier molecular flexibility index (Phi) is 4.34. The van der Waals surface area contributed by atoms with Gasteiger partial charge in [0.05, 0.1) is 12.3 Å². The van der Waals surface area contributed by atoms with Gasteiger partial charge in [-0.2, -0.15) is 0 Å². The zero-order valence-electron chi connectivity index (χ0n) is 10.9. The molecule has 4 nitrogen and oxygen atoms in total. The maximum atomic E-state index is 11.9. The summed E-state index contributed by atoms with van der Waals surface area (Å²) in [5.41, 5.74) is 2.82. The first-order chi connectivity index (χ1) is 8.94. The van der Waals surface area contributed by atoms with Gasteiger partial charge in [0, 0.05) is 11.1 Å². The lowest BCUT2D eigenvalue weighted by atomic mass is 10.2. The Morgan fingerprint density at radius 1 is 1.21 bits per heavy atom. The second kappa shape index (κ2) is 5.81. The monoisotopic (exact) mass is 296 g/mol. The summed E-state index contributed by atoms with van der Waals surface area (Å²) < 4.78 is 26.4. The fraction of sp³-hybridized carbons (Fsp3) is 0.308. The molecule has 0 amide bonds. The van der Waals surface area contributed by atoms with Crippen LogP contribution in [-0.4, -0.2) is 13.4 Å². The molecule has 0 aliphatic heterocycles. The summed E-state index contributed by atoms with van der Waals surface area (Å²) in [6.07, 6.45) is 0. The number of aryl methyl sites for hydroxylation is 2. The first-order valence-electron chi connectivity index (χ1n) is 5.88. The first-order valence-corrected chi connectivity index (χ1v) is 8.42. The van der Waals surface area contributed by atoms with Crippen molar-refractivity contribution < 1.29 is 8.42 Å². The van der Waals surface area contributed by atoms with Gasteiger partial charge in [-0.15, -0.1) is 11.3 Å². The molecule has 1 heterocycles. The average molecular weight is 296 g/mol. The Bertz CT molecular complexity index is 646. The van der Waals surface area contributed by atoms with Crippen LogP contribution in [0.1, 0.15) is 21.8 Å². The highest BCUT2D eigenvalue weighted by Crippen LogP contribution is 2.10. The summed E-state index contributed by atoms with van der Waals surface area (Å²) in [6, 6.07) is 7.49. The van der Waals surface area contributed by atoms with E-state index in [1.54, 1.807) is 0 Å². The minimum absolute atomic E-state index is 0.00234. The molecule has 2 aromatic rings. The number of hydrogen-bond donors (Lipinski definition) is 1. The highest BCUT2D eigenvalue weighted by Gasteiger charge is 2.12. The normalized spacial score (nSPS) is 11.7. The van der Waals surface area contributed by atoms with E-state index in [0.717, 1.165) is 21.8 Å². The van der Waals surface area contributed by atoms with Crippen LogP contribution in [0.3, 0.4) is 0 Å². The number of rotatable bonds is 5. The number of aromatic nitrogens is 1. The summed E-state index contributed by atoms with van der Waals surface area (Å²) in [5, 5.41) is 2.69. The molecule has 0 radical (unpaired) electrons. The van der Waals surface area contributed by atoms with E-state index in [2.05, 4.69) is 9.71 Å². The van der Waals surface area contributed by atoms with Gasteiger partial charge in [0.1, 0.15) is 5.01 Å². The molecule has 0 spiro atoms. The number of nitrogens with zero attached hydrogens (tertiary/aromatic N) is 1. The molecule has 0 fully saturated rings. The fourth-order valence-electron chi connectivity index (χ4n) is 1.61. The molecule has 1 N–H and O–H groups in total. The summed E-state index contributed by atoms with van der Waals surface area (Å²) in [6.45, 7) is 4.12. The molecule has 0 aliphatic rings. The number of benzene rings is 1. The smallest absolute Gasteiger partial charge is 0.216 e. The van der Waals surface area contributed by atoms with Crippen molar-refractivity contribution in [3.05, 3.63) is 51.5 Å². The molecule has 0 unspecified atom stereocenters. The lowest BCUT2D eigenvalue weighted by molar-refractivity contribution is 0.580. The zero-order chi connectivity index (χ0) is 13.9. The SMILES string of the molecule is Cc1ccc(CS(=O)(=O)NCc2nc(C)cs2)cc1. The molecule has 0 bridgehead atoms. The van der Waals surface area contributed by atoms with Crippen LogP contribution >= 0.6 is 11.3 Å². The van der Waals surface area contributed by atoms with Crippen molar-refractivity contribution in [1.82, 2.24) is 9.71 Å². The standard InChI is InChI=1S/C13H16N2O2S2/c1-10-3-5-12(6-4-10)9-19(16,17)14-7-13-15-11(2)8-18-13/h3-6,8,14H,7,9H2,1-2H3. The predicted octanol–water partition coefficient (Wildman–Crippen LogP) is 2.38. The van der Waals surface area contributed by atoms with Crippen LogP contribution in [0.25, 0.3) is 0 Å². The molecule has 19 heavy (non-hydrogen) atoms. The quantitative estimate of drug-likeness (QED) is 0.921. The second-order valence-corrected chi connectivity index (χ2v) is 7.20. The summed E-state index contributed by atoms with van der Waals surface area (Å²) in [5.74, 6) is -0.00234. The van der Waals surface area contributed by atoms with E-state index in [9.17, 15) is 8.42 Å². The van der Waals surface area contributed by atoms with Crippen molar-refractivity contribution in [2.45, 2.75) is 26.1 Å². The maximum absolute atomic E-state index is 11.9. The van der Waals surface area contributed by atoms with Gasteiger partial charge in [-0.1, -0.05) is 29.8 Å². The maximum Gasteiger partial charge on any atom is 0.216 e. The fourth-order valence-corrected chi connectivity index (χ4v) is 3.50. The Balaban J connectivity index is 1.97. The van der Waals surface area contributed by atoms with Gasteiger partial charge < -0.3 is 0 Å². The summed E-state index contributed by atoms with van der Waals surface area (Å²) >= 11 is 1.46. The molecule has 0 saturated carbocycles. The molecule has 0 saturated heterocycles. The van der Waals surface area contributed by atoms with Crippen molar-refractivity contribution in [3.8, 4) is 0 Å². The van der Waals surface area contributed by atoms with Crippen molar-refractivity contribution >= 4 is 21.4 Å². The lowest BCUT2D eigenvalue weighted by Gasteiger charge is -2.05. The largest absolute Gasteiger partial charge is 0.245 e. The molecule has 1 aromatic carbocycles. The molecular weight excluding hydrogens is 280 g/mol. The van der Waals surface area contributed by atoms with E-state index < -0.39 is 10.0 Å². The minimum Gasteiger partial charge on any atom is -0.245 e. The van der Waals surface area contributed by atoms with Crippen LogP contribution in [0, 0.1) is 13.8 Å². The molecule has 6 heteroatoms. The molecule has 102 valence electrons. The van der Waals surface area contributed by atoms with Crippen molar-refractivity contribution in [2.75, 3.05) is 0 Å². The molecule has 0 atom stereocenters. The highest BCUT2D eigenvalue weighted by molar-refractivity contribution is 7.88. The highest BCUT2D eigenvalue weighted by atomic mass is 32.2. The van der Waals surface area contributed by atoms with Crippen molar-refractivity contribution in [1.29, 1.82) is 0 Å². The van der Waals surface area contributed by atoms with Gasteiger partial charge in [0.25, 0.3) is 0 Å². The van der Waals surface area contributed by atoms with Crippen LogP contribution in [0.15, 0.2) is 29.6 Å². The Morgan fingerprint density at radius 2 is 1.89 bits per heavy atom. The lowest BCUT2D eigenvalue weighted by Crippen LogP contribution is -2.24. The average Bonchev–Trinajstić information content (AvgIpc) is 2.76. The van der Waals surface area contributed by atoms with Gasteiger partial charge in [-0.05, 0) is 19.4 Å². The van der Waals surface area contributed by atoms with Gasteiger partial charge in [0.2, 0.25) is 10.0 Å².